The highest BCUT2D eigenvalue weighted by molar-refractivity contribution is 5.81. The molecule has 1 aromatic heterocycles. The molecular weight excluding hydrogens is 378 g/mol. The van der Waals surface area contributed by atoms with E-state index in [1.165, 1.54) is 0 Å². The minimum absolute atomic E-state index is 0.0130. The first-order chi connectivity index (χ1) is 14.1. The molecule has 162 valence electrons. The van der Waals surface area contributed by atoms with E-state index >= 15 is 0 Å². The van der Waals surface area contributed by atoms with Gasteiger partial charge < -0.3 is 9.64 Å². The standard InChI is InChI=1S/C24H33N3O3/c1-16-8-7-9-20(17(16)2)30-18(3)23(29)26-14-12-19(13-15-26)27-22(28)11-10-21(25-27)24(4,5)6/h7-11,18-19H,12-15H2,1-6H3. The minimum atomic E-state index is -0.549. The van der Waals surface area contributed by atoms with Crippen LogP contribution in [-0.4, -0.2) is 39.8 Å². The van der Waals surface area contributed by atoms with E-state index in [1.807, 2.05) is 43.0 Å². The van der Waals surface area contributed by atoms with Gasteiger partial charge in [-0.05, 0) is 56.9 Å². The van der Waals surface area contributed by atoms with Gasteiger partial charge in [0.1, 0.15) is 5.75 Å². The van der Waals surface area contributed by atoms with Crippen LogP contribution in [0, 0.1) is 13.8 Å². The maximum Gasteiger partial charge on any atom is 0.267 e. The van der Waals surface area contributed by atoms with E-state index in [-0.39, 0.29) is 22.9 Å². The second kappa shape index (κ2) is 8.62. The number of benzene rings is 1. The zero-order valence-electron chi connectivity index (χ0n) is 18.9. The van der Waals surface area contributed by atoms with Crippen LogP contribution in [0.3, 0.4) is 0 Å². The lowest BCUT2D eigenvalue weighted by molar-refractivity contribution is -0.139. The number of hydrogen-bond acceptors (Lipinski definition) is 4. The number of rotatable bonds is 4. The Kier molecular flexibility index (Phi) is 6.34. The third-order valence-electron chi connectivity index (χ3n) is 5.92. The number of hydrogen-bond donors (Lipinski definition) is 0. The van der Waals surface area contributed by atoms with Crippen molar-refractivity contribution in [1.29, 1.82) is 0 Å². The van der Waals surface area contributed by atoms with Crippen molar-refractivity contribution in [3.8, 4) is 5.75 Å². The molecule has 0 radical (unpaired) electrons. The predicted molar refractivity (Wildman–Crippen MR) is 118 cm³/mol. The van der Waals surface area contributed by atoms with Crippen molar-refractivity contribution in [3.05, 3.63) is 57.5 Å². The van der Waals surface area contributed by atoms with Crippen LogP contribution in [0.2, 0.25) is 0 Å². The molecular formula is C24H33N3O3. The number of likely N-dealkylation sites (tertiary alicyclic amines) is 1. The zero-order valence-corrected chi connectivity index (χ0v) is 18.9. The highest BCUT2D eigenvalue weighted by Crippen LogP contribution is 2.25. The molecule has 0 spiro atoms. The van der Waals surface area contributed by atoms with Gasteiger partial charge in [-0.2, -0.15) is 5.10 Å². The quantitative estimate of drug-likeness (QED) is 0.768. The number of nitrogens with zero attached hydrogens (tertiary/aromatic N) is 3. The molecule has 6 nitrogen and oxygen atoms in total. The molecule has 0 bridgehead atoms. The van der Waals surface area contributed by atoms with Gasteiger partial charge in [0.15, 0.2) is 6.10 Å². The van der Waals surface area contributed by atoms with E-state index in [9.17, 15) is 9.59 Å². The van der Waals surface area contributed by atoms with Gasteiger partial charge in [-0.15, -0.1) is 0 Å². The van der Waals surface area contributed by atoms with Gasteiger partial charge >= 0.3 is 0 Å². The smallest absolute Gasteiger partial charge is 0.267 e. The number of aromatic nitrogens is 2. The second-order valence-electron chi connectivity index (χ2n) is 9.27. The maximum absolute atomic E-state index is 12.9. The van der Waals surface area contributed by atoms with Gasteiger partial charge in [0.25, 0.3) is 11.5 Å². The SMILES string of the molecule is Cc1cccc(OC(C)C(=O)N2CCC(n3nc(C(C)(C)C)ccc3=O)CC2)c1C. The number of aryl methyl sites for hydroxylation is 1. The molecule has 3 rings (SSSR count). The van der Waals surface area contributed by atoms with E-state index in [4.69, 9.17) is 4.74 Å². The molecule has 0 N–H and O–H groups in total. The van der Waals surface area contributed by atoms with Crippen LogP contribution in [0.1, 0.15) is 63.4 Å². The summed E-state index contributed by atoms with van der Waals surface area (Å²) in [4.78, 5) is 27.1. The van der Waals surface area contributed by atoms with E-state index in [0.717, 1.165) is 22.6 Å². The summed E-state index contributed by atoms with van der Waals surface area (Å²) in [6.45, 7) is 13.3. The Labute approximate surface area is 178 Å². The van der Waals surface area contributed by atoms with Crippen molar-refractivity contribution < 1.29 is 9.53 Å². The maximum atomic E-state index is 12.9. The normalized spacial score (nSPS) is 16.4. The Morgan fingerprint density at radius 1 is 1.13 bits per heavy atom. The molecule has 0 saturated carbocycles. The lowest BCUT2D eigenvalue weighted by Gasteiger charge is -2.34. The average Bonchev–Trinajstić information content (AvgIpc) is 2.70. The molecule has 30 heavy (non-hydrogen) atoms. The van der Waals surface area contributed by atoms with Crippen molar-refractivity contribution in [2.45, 2.75) is 71.9 Å². The summed E-state index contributed by atoms with van der Waals surface area (Å²) in [5, 5.41) is 4.62. The number of carbonyl (C=O) groups excluding carboxylic acids is 1. The lowest BCUT2D eigenvalue weighted by atomic mass is 9.92. The highest BCUT2D eigenvalue weighted by atomic mass is 16.5. The molecule has 2 aromatic rings. The first-order valence-corrected chi connectivity index (χ1v) is 10.7. The summed E-state index contributed by atoms with van der Waals surface area (Å²) in [5.74, 6) is 0.735. The molecule has 1 aromatic carbocycles. The van der Waals surface area contributed by atoms with Gasteiger partial charge in [0, 0.05) is 24.6 Å². The third-order valence-corrected chi connectivity index (χ3v) is 5.92. The van der Waals surface area contributed by atoms with Gasteiger partial charge in [0.2, 0.25) is 0 Å². The van der Waals surface area contributed by atoms with E-state index in [0.29, 0.717) is 25.9 Å². The van der Waals surface area contributed by atoms with Gasteiger partial charge in [-0.3, -0.25) is 9.59 Å². The zero-order chi connectivity index (χ0) is 22.1. The molecule has 6 heteroatoms. The minimum Gasteiger partial charge on any atom is -0.481 e. The predicted octanol–water partition coefficient (Wildman–Crippen LogP) is 3.79. The van der Waals surface area contributed by atoms with Crippen LogP contribution in [-0.2, 0) is 10.2 Å². The molecule has 1 amide bonds. The first-order valence-electron chi connectivity index (χ1n) is 10.7. The molecule has 1 saturated heterocycles. The Hall–Kier alpha value is -2.63. The Balaban J connectivity index is 1.65. The van der Waals surface area contributed by atoms with Crippen LogP contribution in [0.4, 0.5) is 0 Å². The van der Waals surface area contributed by atoms with Crippen molar-refractivity contribution in [3.63, 3.8) is 0 Å². The molecule has 1 atom stereocenters. The van der Waals surface area contributed by atoms with Crippen molar-refractivity contribution >= 4 is 5.91 Å². The van der Waals surface area contributed by atoms with Gasteiger partial charge in [-0.25, -0.2) is 4.68 Å². The van der Waals surface area contributed by atoms with Crippen LogP contribution < -0.4 is 10.3 Å². The number of ether oxygens (including phenoxy) is 1. The summed E-state index contributed by atoms with van der Waals surface area (Å²) in [5.41, 5.74) is 2.89. The van der Waals surface area contributed by atoms with E-state index in [1.54, 1.807) is 17.7 Å². The van der Waals surface area contributed by atoms with Crippen LogP contribution >= 0.6 is 0 Å². The van der Waals surface area contributed by atoms with Crippen LogP contribution in [0.5, 0.6) is 5.75 Å². The van der Waals surface area contributed by atoms with Crippen LogP contribution in [0.25, 0.3) is 0 Å². The largest absolute Gasteiger partial charge is 0.481 e. The third kappa shape index (κ3) is 4.74. The van der Waals surface area contributed by atoms with Crippen molar-refractivity contribution in [2.75, 3.05) is 13.1 Å². The number of amides is 1. The second-order valence-corrected chi connectivity index (χ2v) is 9.27. The fraction of sp³-hybridized carbons (Fsp3) is 0.542. The molecule has 0 aliphatic carbocycles. The molecule has 2 heterocycles. The lowest BCUT2D eigenvalue weighted by Crippen LogP contribution is -2.46. The fourth-order valence-corrected chi connectivity index (χ4v) is 3.77. The first kappa shape index (κ1) is 22.1. The molecule has 1 fully saturated rings. The fourth-order valence-electron chi connectivity index (χ4n) is 3.77. The van der Waals surface area contributed by atoms with E-state index in [2.05, 4.69) is 25.9 Å². The van der Waals surface area contributed by atoms with Crippen molar-refractivity contribution in [2.24, 2.45) is 0 Å². The summed E-state index contributed by atoms with van der Waals surface area (Å²) < 4.78 is 7.58. The Morgan fingerprint density at radius 3 is 2.43 bits per heavy atom. The summed E-state index contributed by atoms with van der Waals surface area (Å²) in [6, 6.07) is 9.30. The molecule has 1 unspecified atom stereocenters. The van der Waals surface area contributed by atoms with Crippen LogP contribution in [0.15, 0.2) is 35.1 Å². The monoisotopic (exact) mass is 411 g/mol. The number of piperidine rings is 1. The summed E-state index contributed by atoms with van der Waals surface area (Å²) in [6.07, 6.45) is 0.873. The Morgan fingerprint density at radius 2 is 1.80 bits per heavy atom. The van der Waals surface area contributed by atoms with Gasteiger partial charge in [-0.1, -0.05) is 32.9 Å². The van der Waals surface area contributed by atoms with E-state index < -0.39 is 6.10 Å². The van der Waals surface area contributed by atoms with Gasteiger partial charge in [0.05, 0.1) is 11.7 Å². The molecule has 1 aliphatic rings. The Bertz CT molecular complexity index is 966. The number of carbonyl (C=O) groups is 1. The summed E-state index contributed by atoms with van der Waals surface area (Å²) >= 11 is 0. The topological polar surface area (TPSA) is 64.4 Å². The summed E-state index contributed by atoms with van der Waals surface area (Å²) in [7, 11) is 0. The highest BCUT2D eigenvalue weighted by Gasteiger charge is 2.29. The molecule has 1 aliphatic heterocycles. The average molecular weight is 412 g/mol. The van der Waals surface area contributed by atoms with Crippen molar-refractivity contribution in [1.82, 2.24) is 14.7 Å².